The van der Waals surface area contributed by atoms with Gasteiger partial charge in [-0.15, -0.1) is 0 Å². The quantitative estimate of drug-likeness (QED) is 0.192. The van der Waals surface area contributed by atoms with Crippen molar-refractivity contribution in [2.75, 3.05) is 6.61 Å². The molecular formula is C33H54O4. The van der Waals surface area contributed by atoms with Crippen LogP contribution in [0.2, 0.25) is 0 Å². The second-order valence-electron chi connectivity index (χ2n) is 13.8. The van der Waals surface area contributed by atoms with Crippen LogP contribution in [-0.2, 0) is 14.3 Å². The zero-order chi connectivity index (χ0) is 26.5. The molecule has 3 saturated carbocycles. The Morgan fingerprint density at radius 1 is 0.892 bits per heavy atom. The molecule has 0 aliphatic heterocycles. The molecule has 4 aliphatic rings. The van der Waals surface area contributed by atoms with Crippen LogP contribution in [0.3, 0.4) is 0 Å². The molecule has 37 heavy (non-hydrogen) atoms. The SMILES string of the molecule is CCCCCCCCCCCCOC(=O)O[C@H]1CC[C@H]2[C@@H]3CCC4=CC(=O)C(C)(C)C[C@@H]4[C@H]3CC[C@]12C. The summed E-state index contributed by atoms with van der Waals surface area (Å²) in [6.45, 7) is 9.37. The normalized spacial score (nSPS) is 34.2. The molecule has 0 aromatic rings. The van der Waals surface area contributed by atoms with E-state index in [0.717, 1.165) is 44.9 Å². The van der Waals surface area contributed by atoms with Gasteiger partial charge < -0.3 is 9.47 Å². The van der Waals surface area contributed by atoms with Crippen LogP contribution < -0.4 is 0 Å². The van der Waals surface area contributed by atoms with Crippen molar-refractivity contribution in [3.63, 3.8) is 0 Å². The van der Waals surface area contributed by atoms with E-state index >= 15 is 0 Å². The molecule has 0 radical (unpaired) electrons. The molecule has 0 N–H and O–H groups in total. The molecule has 0 saturated heterocycles. The maximum absolute atomic E-state index is 12.6. The van der Waals surface area contributed by atoms with Crippen LogP contribution in [0, 0.1) is 34.5 Å². The average Bonchev–Trinajstić information content (AvgIpc) is 3.19. The summed E-state index contributed by atoms with van der Waals surface area (Å²) in [7, 11) is 0. The second-order valence-corrected chi connectivity index (χ2v) is 13.8. The van der Waals surface area contributed by atoms with Crippen LogP contribution in [0.5, 0.6) is 0 Å². The molecule has 4 aliphatic carbocycles. The molecule has 6 atom stereocenters. The van der Waals surface area contributed by atoms with E-state index in [-0.39, 0.29) is 16.9 Å². The van der Waals surface area contributed by atoms with Gasteiger partial charge in [-0.3, -0.25) is 4.79 Å². The van der Waals surface area contributed by atoms with E-state index in [1.807, 2.05) is 6.08 Å². The summed E-state index contributed by atoms with van der Waals surface area (Å²) in [5, 5.41) is 0. The number of rotatable bonds is 12. The van der Waals surface area contributed by atoms with E-state index in [9.17, 15) is 9.59 Å². The third kappa shape index (κ3) is 6.64. The molecular weight excluding hydrogens is 460 g/mol. The first-order chi connectivity index (χ1) is 17.8. The van der Waals surface area contributed by atoms with Gasteiger partial charge in [0.05, 0.1) is 6.61 Å². The Morgan fingerprint density at radius 3 is 2.27 bits per heavy atom. The third-order valence-electron chi connectivity index (χ3n) is 10.8. The number of hydrogen-bond donors (Lipinski definition) is 0. The van der Waals surface area contributed by atoms with Gasteiger partial charge in [-0.25, -0.2) is 4.79 Å². The fourth-order valence-electron chi connectivity index (χ4n) is 8.54. The third-order valence-corrected chi connectivity index (χ3v) is 10.8. The van der Waals surface area contributed by atoms with Gasteiger partial charge in [-0.05, 0) is 81.1 Å². The molecule has 0 amide bonds. The number of fused-ring (bicyclic) bond motifs is 5. The molecule has 210 valence electrons. The van der Waals surface area contributed by atoms with Crippen molar-refractivity contribution in [3.8, 4) is 0 Å². The van der Waals surface area contributed by atoms with Crippen molar-refractivity contribution >= 4 is 11.9 Å². The van der Waals surface area contributed by atoms with Crippen LogP contribution in [0.1, 0.15) is 137 Å². The van der Waals surface area contributed by atoms with Crippen LogP contribution in [0.25, 0.3) is 0 Å². The Morgan fingerprint density at radius 2 is 1.57 bits per heavy atom. The summed E-state index contributed by atoms with van der Waals surface area (Å²) >= 11 is 0. The predicted molar refractivity (Wildman–Crippen MR) is 149 cm³/mol. The van der Waals surface area contributed by atoms with E-state index < -0.39 is 6.16 Å². The first kappa shape index (κ1) is 28.7. The first-order valence-corrected chi connectivity index (χ1v) is 15.8. The Kier molecular flexibility index (Phi) is 9.84. The van der Waals surface area contributed by atoms with Crippen molar-refractivity contribution in [1.29, 1.82) is 0 Å². The van der Waals surface area contributed by atoms with Gasteiger partial charge >= 0.3 is 6.16 Å². The van der Waals surface area contributed by atoms with E-state index in [4.69, 9.17) is 9.47 Å². The molecule has 3 fully saturated rings. The highest BCUT2D eigenvalue weighted by Crippen LogP contribution is 2.63. The Labute approximate surface area is 226 Å². The monoisotopic (exact) mass is 514 g/mol. The first-order valence-electron chi connectivity index (χ1n) is 15.8. The lowest BCUT2D eigenvalue weighted by atomic mass is 9.50. The molecule has 4 heteroatoms. The van der Waals surface area contributed by atoms with Gasteiger partial charge in [0.2, 0.25) is 0 Å². The number of ketones is 1. The highest BCUT2D eigenvalue weighted by molar-refractivity contribution is 5.96. The second kappa shape index (κ2) is 12.7. The lowest BCUT2D eigenvalue weighted by Gasteiger charge is -2.54. The average molecular weight is 515 g/mol. The van der Waals surface area contributed by atoms with Gasteiger partial charge in [0.15, 0.2) is 5.78 Å². The van der Waals surface area contributed by atoms with E-state index in [0.29, 0.717) is 36.1 Å². The van der Waals surface area contributed by atoms with Crippen LogP contribution in [0.4, 0.5) is 4.79 Å². The summed E-state index contributed by atoms with van der Waals surface area (Å²) in [6, 6.07) is 0. The van der Waals surface area contributed by atoms with Gasteiger partial charge in [0.25, 0.3) is 0 Å². The number of unbranched alkanes of at least 4 members (excludes halogenated alkanes) is 9. The zero-order valence-corrected chi connectivity index (χ0v) is 24.3. The Hall–Kier alpha value is -1.32. The fourth-order valence-corrected chi connectivity index (χ4v) is 8.54. The summed E-state index contributed by atoms with van der Waals surface area (Å²) in [6.07, 6.45) is 22.0. The summed E-state index contributed by atoms with van der Waals surface area (Å²) in [5.41, 5.74) is 1.27. The van der Waals surface area contributed by atoms with E-state index in [1.165, 1.54) is 69.8 Å². The maximum atomic E-state index is 12.6. The van der Waals surface area contributed by atoms with Crippen molar-refractivity contribution < 1.29 is 19.1 Å². The van der Waals surface area contributed by atoms with Gasteiger partial charge in [-0.1, -0.05) is 91.1 Å². The molecule has 0 heterocycles. The minimum Gasteiger partial charge on any atom is -0.434 e. The summed E-state index contributed by atoms with van der Waals surface area (Å²) < 4.78 is 11.5. The molecule has 0 unspecified atom stereocenters. The number of carbonyl (C=O) groups excluding carboxylic acids is 2. The highest BCUT2D eigenvalue weighted by Gasteiger charge is 2.58. The summed E-state index contributed by atoms with van der Waals surface area (Å²) in [5.74, 6) is 2.90. The number of ether oxygens (including phenoxy) is 2. The standard InChI is InChI=1S/C33H54O4/c1-5-6-7-8-9-10-11-12-13-14-21-36-31(35)37-30-18-17-28-26-16-15-24-22-29(34)32(2,3)23-27(24)25(26)19-20-33(28,30)4/h22,25-28,30H,5-21,23H2,1-4H3/t25-,26+,27-,28-,30-,33-/m0/s1. The van der Waals surface area contributed by atoms with Crippen molar-refractivity contribution in [3.05, 3.63) is 11.6 Å². The smallest absolute Gasteiger partial charge is 0.434 e. The number of carbonyl (C=O) groups is 2. The number of allylic oxidation sites excluding steroid dienone is 1. The molecule has 0 aromatic heterocycles. The van der Waals surface area contributed by atoms with Crippen LogP contribution in [0.15, 0.2) is 11.6 Å². The fraction of sp³-hybridized carbons (Fsp3) is 0.879. The lowest BCUT2D eigenvalue weighted by Crippen LogP contribution is -2.49. The Bertz CT molecular complexity index is 813. The topological polar surface area (TPSA) is 52.6 Å². The van der Waals surface area contributed by atoms with Crippen LogP contribution in [-0.4, -0.2) is 24.6 Å². The lowest BCUT2D eigenvalue weighted by molar-refractivity contribution is -0.125. The van der Waals surface area contributed by atoms with Crippen LogP contribution >= 0.6 is 0 Å². The minimum absolute atomic E-state index is 0.0139. The molecule has 0 aromatic carbocycles. The highest BCUT2D eigenvalue weighted by atomic mass is 16.7. The van der Waals surface area contributed by atoms with Crippen molar-refractivity contribution in [2.45, 2.75) is 143 Å². The zero-order valence-electron chi connectivity index (χ0n) is 24.3. The van der Waals surface area contributed by atoms with Crippen molar-refractivity contribution in [1.82, 2.24) is 0 Å². The summed E-state index contributed by atoms with van der Waals surface area (Å²) in [4.78, 5) is 25.1. The minimum atomic E-state index is -0.452. The van der Waals surface area contributed by atoms with E-state index in [2.05, 4.69) is 27.7 Å². The predicted octanol–water partition coefficient (Wildman–Crippen LogP) is 9.21. The van der Waals surface area contributed by atoms with Crippen molar-refractivity contribution in [2.24, 2.45) is 34.5 Å². The molecule has 0 bridgehead atoms. The molecule has 0 spiro atoms. The Balaban J connectivity index is 1.18. The van der Waals surface area contributed by atoms with Gasteiger partial charge in [0, 0.05) is 10.8 Å². The maximum Gasteiger partial charge on any atom is 0.508 e. The van der Waals surface area contributed by atoms with E-state index in [1.54, 1.807) is 0 Å². The largest absolute Gasteiger partial charge is 0.508 e. The van der Waals surface area contributed by atoms with Gasteiger partial charge in [0.1, 0.15) is 6.10 Å². The number of hydrogen-bond acceptors (Lipinski definition) is 4. The van der Waals surface area contributed by atoms with Gasteiger partial charge in [-0.2, -0.15) is 0 Å². The molecule has 4 rings (SSSR count). The molecule has 4 nitrogen and oxygen atoms in total.